The monoisotopic (exact) mass is 678 g/mol. The van der Waals surface area contributed by atoms with Crippen molar-refractivity contribution in [3.05, 3.63) is 59.7 Å². The fourth-order valence-electron chi connectivity index (χ4n) is 7.84. The number of nitrogens with one attached hydrogen (secondary N) is 1. The molecule has 0 aliphatic carbocycles. The van der Waals surface area contributed by atoms with Gasteiger partial charge in [0.25, 0.3) is 0 Å². The number of aromatic nitrogens is 2. The van der Waals surface area contributed by atoms with Gasteiger partial charge >= 0.3 is 12.2 Å². The van der Waals surface area contributed by atoms with Crippen LogP contribution in [0, 0.1) is 0 Å². The van der Waals surface area contributed by atoms with Crippen molar-refractivity contribution in [2.45, 2.75) is 103 Å². The molecule has 0 radical (unpaired) electrons. The standard InChI is InChI=1S/C39H46N6O5/c1-38(2,3)49-36(46)44-14-7-9-29(44)27-18-26(21-40-27)23-11-12-32-31(19-23)43-16-13-24-17-25(20-33(48-32)34(24)43)28-22-41-35(42-28)30-10-8-15-45(30)37(47)50-39(4,5)6/h11-12,17,19-22,29-30H,7-10,13-16,18H2,1-6H3,(H,41,42)/t29-,30-/m0/s1. The normalized spacial score (nSPS) is 21.1. The van der Waals surface area contributed by atoms with E-state index in [1.54, 1.807) is 4.90 Å². The number of aromatic amines is 1. The van der Waals surface area contributed by atoms with Crippen molar-refractivity contribution in [3.8, 4) is 22.8 Å². The Kier molecular flexibility index (Phi) is 7.72. The Morgan fingerprint density at radius 1 is 0.860 bits per heavy atom. The third-order valence-corrected chi connectivity index (χ3v) is 10.00. The third-order valence-electron chi connectivity index (χ3n) is 10.00. The van der Waals surface area contributed by atoms with Gasteiger partial charge < -0.3 is 24.1 Å². The molecule has 0 spiro atoms. The molecule has 6 heterocycles. The predicted octanol–water partition coefficient (Wildman–Crippen LogP) is 8.53. The van der Waals surface area contributed by atoms with Crippen LogP contribution >= 0.6 is 0 Å². The predicted molar refractivity (Wildman–Crippen MR) is 192 cm³/mol. The van der Waals surface area contributed by atoms with Crippen LogP contribution < -0.4 is 9.64 Å². The molecule has 1 N–H and O–H groups in total. The summed E-state index contributed by atoms with van der Waals surface area (Å²) in [6.45, 7) is 13.6. The maximum atomic E-state index is 12.9. The summed E-state index contributed by atoms with van der Waals surface area (Å²) in [7, 11) is 0. The van der Waals surface area contributed by atoms with Crippen LogP contribution in [0.3, 0.4) is 0 Å². The van der Waals surface area contributed by atoms with Crippen molar-refractivity contribution >= 4 is 34.8 Å². The Balaban J connectivity index is 0.983. The minimum atomic E-state index is -0.549. The van der Waals surface area contributed by atoms with Crippen LogP contribution in [0.15, 0.2) is 47.7 Å². The molecular formula is C39H46N6O5. The molecule has 2 amide bonds. The number of amides is 2. The van der Waals surface area contributed by atoms with Gasteiger partial charge in [0.05, 0.1) is 35.3 Å². The van der Waals surface area contributed by atoms with Gasteiger partial charge in [-0.1, -0.05) is 6.07 Å². The number of nitrogens with zero attached hydrogens (tertiary/aromatic N) is 5. The number of hydrogen-bond acceptors (Lipinski definition) is 8. The Labute approximate surface area is 293 Å². The summed E-state index contributed by atoms with van der Waals surface area (Å²) in [5.74, 6) is 2.43. The maximum absolute atomic E-state index is 12.9. The van der Waals surface area contributed by atoms with E-state index in [4.69, 9.17) is 24.2 Å². The number of benzene rings is 2. The van der Waals surface area contributed by atoms with Crippen molar-refractivity contribution < 1.29 is 23.8 Å². The van der Waals surface area contributed by atoms with Gasteiger partial charge in [-0.15, -0.1) is 0 Å². The molecule has 0 saturated carbocycles. The average Bonchev–Trinajstić information content (AvgIpc) is 3.88. The second kappa shape index (κ2) is 11.9. The van der Waals surface area contributed by atoms with Gasteiger partial charge in [-0.05, 0) is 115 Å². The summed E-state index contributed by atoms with van der Waals surface area (Å²) in [5.41, 5.74) is 7.50. The molecule has 2 aromatic carbocycles. The highest BCUT2D eigenvalue weighted by Gasteiger charge is 2.38. The number of H-pyrrole nitrogens is 1. The number of anilines is 2. The van der Waals surface area contributed by atoms with Crippen molar-refractivity contribution in [2.75, 3.05) is 24.5 Å². The van der Waals surface area contributed by atoms with E-state index in [-0.39, 0.29) is 24.3 Å². The van der Waals surface area contributed by atoms with Gasteiger partial charge in [-0.25, -0.2) is 14.6 Å². The van der Waals surface area contributed by atoms with Crippen LogP contribution in [-0.2, 0) is 15.9 Å². The van der Waals surface area contributed by atoms with Crippen LogP contribution in [0.1, 0.15) is 96.6 Å². The zero-order chi connectivity index (χ0) is 34.9. The Morgan fingerprint density at radius 2 is 1.56 bits per heavy atom. The van der Waals surface area contributed by atoms with Crippen LogP contribution in [0.25, 0.3) is 16.8 Å². The van der Waals surface area contributed by atoms with Gasteiger partial charge in [0.1, 0.15) is 17.0 Å². The van der Waals surface area contributed by atoms with Gasteiger partial charge in [-0.2, -0.15) is 0 Å². The number of aliphatic imine (C=N–C) groups is 1. The minimum Gasteiger partial charge on any atom is -0.453 e. The molecule has 2 atom stereocenters. The van der Waals surface area contributed by atoms with Crippen molar-refractivity contribution in [1.82, 2.24) is 19.8 Å². The third kappa shape index (κ3) is 6.00. The van der Waals surface area contributed by atoms with Gasteiger partial charge in [0.2, 0.25) is 0 Å². The topological polar surface area (TPSA) is 113 Å². The zero-order valence-electron chi connectivity index (χ0n) is 29.8. The number of fused-ring (bicyclic) bond motifs is 2. The molecule has 50 heavy (non-hydrogen) atoms. The second-order valence-electron chi connectivity index (χ2n) is 16.0. The highest BCUT2D eigenvalue weighted by Crippen LogP contribution is 2.53. The van der Waals surface area contributed by atoms with E-state index in [1.165, 1.54) is 5.56 Å². The summed E-state index contributed by atoms with van der Waals surface area (Å²) in [5, 5.41) is 0. The number of carbonyl (C=O) groups is 2. The van der Waals surface area contributed by atoms with E-state index in [0.29, 0.717) is 19.5 Å². The van der Waals surface area contributed by atoms with Crippen LogP contribution in [0.5, 0.6) is 11.5 Å². The first-order valence-electron chi connectivity index (χ1n) is 17.9. The van der Waals surface area contributed by atoms with Crippen LogP contribution in [0.4, 0.5) is 21.0 Å². The minimum absolute atomic E-state index is 0.0326. The maximum Gasteiger partial charge on any atom is 0.410 e. The van der Waals surface area contributed by atoms with Gasteiger partial charge in [0.15, 0.2) is 11.5 Å². The molecule has 5 aliphatic rings. The largest absolute Gasteiger partial charge is 0.453 e. The van der Waals surface area contributed by atoms with Crippen molar-refractivity contribution in [1.29, 1.82) is 0 Å². The molecule has 3 aromatic rings. The SMILES string of the molecule is CC(C)(C)OC(=O)N1CCC[C@H]1C1=NC=C(c2ccc3c(c2)N2CCc4cc(-c5cnc([C@@H]6CCCN6C(=O)OC(C)(C)C)[nH]5)cc(c42)O3)C1. The molecule has 8 rings (SSSR count). The lowest BCUT2D eigenvalue weighted by molar-refractivity contribution is 0.0216. The number of hydrogen-bond donors (Lipinski definition) is 1. The molecule has 0 bridgehead atoms. The number of carbonyl (C=O) groups excluding carboxylic acids is 2. The molecule has 11 heteroatoms. The first-order valence-corrected chi connectivity index (χ1v) is 17.9. The highest BCUT2D eigenvalue weighted by molar-refractivity contribution is 6.03. The summed E-state index contributed by atoms with van der Waals surface area (Å²) < 4.78 is 18.0. The van der Waals surface area contributed by atoms with Crippen molar-refractivity contribution in [3.63, 3.8) is 0 Å². The number of ether oxygens (including phenoxy) is 3. The molecular weight excluding hydrogens is 632 g/mol. The molecule has 2 fully saturated rings. The average molecular weight is 679 g/mol. The Bertz CT molecular complexity index is 1930. The summed E-state index contributed by atoms with van der Waals surface area (Å²) in [6.07, 6.45) is 8.45. The van der Waals surface area contributed by atoms with E-state index >= 15 is 0 Å². The lowest BCUT2D eigenvalue weighted by Gasteiger charge is -2.30. The number of imidazole rings is 1. The van der Waals surface area contributed by atoms with E-state index in [1.807, 2.05) is 58.8 Å². The first kappa shape index (κ1) is 32.4. The van der Waals surface area contributed by atoms with E-state index in [9.17, 15) is 9.59 Å². The molecule has 2 saturated heterocycles. The van der Waals surface area contributed by atoms with Crippen molar-refractivity contribution in [2.24, 2.45) is 4.99 Å². The summed E-state index contributed by atoms with van der Waals surface area (Å²) >= 11 is 0. The highest BCUT2D eigenvalue weighted by atomic mass is 16.6. The lowest BCUT2D eigenvalue weighted by atomic mass is 9.97. The first-order chi connectivity index (χ1) is 23.8. The lowest BCUT2D eigenvalue weighted by Crippen LogP contribution is -2.43. The molecule has 5 aliphatic heterocycles. The van der Waals surface area contributed by atoms with Crippen LogP contribution in [-0.4, -0.2) is 74.5 Å². The van der Waals surface area contributed by atoms with Gasteiger partial charge in [0, 0.05) is 43.5 Å². The van der Waals surface area contributed by atoms with E-state index in [0.717, 1.165) is 95.5 Å². The fraction of sp³-hybridized carbons (Fsp3) is 0.487. The quantitative estimate of drug-likeness (QED) is 0.294. The van der Waals surface area contributed by atoms with E-state index in [2.05, 4.69) is 40.2 Å². The van der Waals surface area contributed by atoms with Crippen LogP contribution in [0.2, 0.25) is 0 Å². The van der Waals surface area contributed by atoms with Gasteiger partial charge in [-0.3, -0.25) is 14.8 Å². The number of likely N-dealkylation sites (tertiary alicyclic amines) is 2. The smallest absolute Gasteiger partial charge is 0.410 e. The summed E-state index contributed by atoms with van der Waals surface area (Å²) in [6, 6.07) is 10.5. The fourth-order valence-corrected chi connectivity index (χ4v) is 7.84. The Morgan fingerprint density at radius 3 is 2.28 bits per heavy atom. The van der Waals surface area contributed by atoms with E-state index < -0.39 is 11.2 Å². The number of rotatable bonds is 4. The molecule has 1 aromatic heterocycles. The molecule has 11 nitrogen and oxygen atoms in total. The molecule has 0 unspecified atom stereocenters. The zero-order valence-corrected chi connectivity index (χ0v) is 29.8. The summed E-state index contributed by atoms with van der Waals surface area (Å²) in [4.78, 5) is 44.9. The second-order valence-corrected chi connectivity index (χ2v) is 16.0. The number of allylic oxidation sites excluding steroid dienone is 1. The Hall–Kier alpha value is -4.80. The molecule has 262 valence electrons.